The van der Waals surface area contributed by atoms with Gasteiger partial charge in [-0.2, -0.15) is 0 Å². The summed E-state index contributed by atoms with van der Waals surface area (Å²) < 4.78 is 5.29. The van der Waals surface area contributed by atoms with Gasteiger partial charge in [0.05, 0.1) is 5.01 Å². The molecule has 1 amide bonds. The van der Waals surface area contributed by atoms with Crippen molar-refractivity contribution in [3.63, 3.8) is 0 Å². The lowest BCUT2D eigenvalue weighted by Crippen LogP contribution is -2.42. The zero-order valence-corrected chi connectivity index (χ0v) is 15.9. The number of alkyl carbamates (subject to hydrolysis) is 1. The average molecular weight is 342 g/mol. The summed E-state index contributed by atoms with van der Waals surface area (Å²) in [5, 5.41) is 7.56. The Morgan fingerprint density at radius 1 is 1.39 bits per heavy atom. The van der Waals surface area contributed by atoms with E-state index in [9.17, 15) is 4.79 Å². The van der Waals surface area contributed by atoms with Crippen molar-refractivity contribution in [2.75, 3.05) is 6.54 Å². The number of unbranched alkanes of at least 4 members (excludes halogenated alkanes) is 1. The van der Waals surface area contributed by atoms with Crippen LogP contribution in [0.5, 0.6) is 0 Å². The number of carbonyl (C=O) groups excluding carboxylic acids is 1. The van der Waals surface area contributed by atoms with E-state index in [0.717, 1.165) is 32.2 Å². The second-order valence-corrected chi connectivity index (χ2v) is 7.88. The van der Waals surface area contributed by atoms with E-state index in [1.165, 1.54) is 9.88 Å². The van der Waals surface area contributed by atoms with Gasteiger partial charge in [0.1, 0.15) is 5.60 Å². The highest BCUT2D eigenvalue weighted by Gasteiger charge is 2.17. The summed E-state index contributed by atoms with van der Waals surface area (Å²) in [6, 6.07) is 0.245. The Labute approximate surface area is 144 Å². The molecule has 1 heterocycles. The summed E-state index contributed by atoms with van der Waals surface area (Å²) in [4.78, 5) is 17.4. The van der Waals surface area contributed by atoms with Crippen LogP contribution in [0.3, 0.4) is 0 Å². The molecular weight excluding hydrogens is 310 g/mol. The fraction of sp³-hybridized carbons (Fsp3) is 0.765. The predicted molar refractivity (Wildman–Crippen MR) is 95.9 cm³/mol. The van der Waals surface area contributed by atoms with E-state index in [2.05, 4.69) is 29.5 Å². The molecule has 23 heavy (non-hydrogen) atoms. The first kappa shape index (κ1) is 19.9. The molecule has 0 bridgehead atoms. The fourth-order valence-electron chi connectivity index (χ4n) is 2.09. The van der Waals surface area contributed by atoms with Gasteiger partial charge in [0.25, 0.3) is 0 Å². The first-order valence-corrected chi connectivity index (χ1v) is 9.29. The van der Waals surface area contributed by atoms with Crippen LogP contribution >= 0.6 is 11.3 Å². The van der Waals surface area contributed by atoms with Gasteiger partial charge in [-0.15, -0.1) is 11.3 Å². The van der Waals surface area contributed by atoms with Crippen LogP contribution in [0, 0.1) is 0 Å². The molecule has 0 saturated heterocycles. The van der Waals surface area contributed by atoms with Gasteiger partial charge in [0, 0.05) is 30.2 Å². The SMILES string of the molecule is CCCCC(CNC(=O)OC(C)(C)C)NCc1cnc(CC)s1. The fourth-order valence-corrected chi connectivity index (χ4v) is 2.90. The van der Waals surface area contributed by atoms with Gasteiger partial charge in [-0.05, 0) is 33.6 Å². The third-order valence-electron chi connectivity index (χ3n) is 3.27. The highest BCUT2D eigenvalue weighted by atomic mass is 32.1. The van der Waals surface area contributed by atoms with Gasteiger partial charge in [-0.3, -0.25) is 0 Å². The number of amides is 1. The first-order chi connectivity index (χ1) is 10.8. The van der Waals surface area contributed by atoms with Crippen LogP contribution in [0.1, 0.15) is 63.8 Å². The number of carbonyl (C=O) groups is 1. The lowest BCUT2D eigenvalue weighted by atomic mass is 10.1. The van der Waals surface area contributed by atoms with E-state index >= 15 is 0 Å². The maximum atomic E-state index is 11.8. The van der Waals surface area contributed by atoms with Gasteiger partial charge in [-0.1, -0.05) is 26.7 Å². The van der Waals surface area contributed by atoms with Crippen LogP contribution in [0.4, 0.5) is 4.79 Å². The lowest BCUT2D eigenvalue weighted by molar-refractivity contribution is 0.0521. The van der Waals surface area contributed by atoms with E-state index in [-0.39, 0.29) is 12.1 Å². The monoisotopic (exact) mass is 341 g/mol. The van der Waals surface area contributed by atoms with Crippen molar-refractivity contribution in [3.8, 4) is 0 Å². The second kappa shape index (κ2) is 9.88. The highest BCUT2D eigenvalue weighted by Crippen LogP contribution is 2.13. The summed E-state index contributed by atoms with van der Waals surface area (Å²) in [7, 11) is 0. The van der Waals surface area contributed by atoms with Crippen LogP contribution in [0.2, 0.25) is 0 Å². The molecule has 1 aromatic heterocycles. The first-order valence-electron chi connectivity index (χ1n) is 8.47. The standard InChI is InChI=1S/C17H31N3O2S/c1-6-8-9-13(10-20-16(21)22-17(3,4)5)18-11-14-12-19-15(7-2)23-14/h12-13,18H,6-11H2,1-5H3,(H,20,21). The van der Waals surface area contributed by atoms with Crippen LogP contribution in [0.15, 0.2) is 6.20 Å². The zero-order valence-electron chi connectivity index (χ0n) is 15.1. The molecule has 1 unspecified atom stereocenters. The van der Waals surface area contributed by atoms with E-state index in [1.807, 2.05) is 27.0 Å². The largest absolute Gasteiger partial charge is 0.444 e. The Balaban J connectivity index is 2.43. The third kappa shape index (κ3) is 8.91. The Morgan fingerprint density at radius 3 is 2.70 bits per heavy atom. The molecule has 0 spiro atoms. The number of nitrogens with zero attached hydrogens (tertiary/aromatic N) is 1. The number of aromatic nitrogens is 1. The molecule has 1 atom stereocenters. The van der Waals surface area contributed by atoms with Crippen molar-refractivity contribution in [2.45, 2.75) is 78.5 Å². The molecule has 5 nitrogen and oxygen atoms in total. The van der Waals surface area contributed by atoms with E-state index in [0.29, 0.717) is 6.54 Å². The molecule has 0 aliphatic rings. The van der Waals surface area contributed by atoms with Gasteiger partial charge in [0.2, 0.25) is 0 Å². The smallest absolute Gasteiger partial charge is 0.407 e. The van der Waals surface area contributed by atoms with Crippen molar-refractivity contribution in [2.24, 2.45) is 0 Å². The Kier molecular flexibility index (Phi) is 8.55. The highest BCUT2D eigenvalue weighted by molar-refractivity contribution is 7.11. The van der Waals surface area contributed by atoms with Gasteiger partial charge in [-0.25, -0.2) is 9.78 Å². The van der Waals surface area contributed by atoms with E-state index in [1.54, 1.807) is 11.3 Å². The number of nitrogens with one attached hydrogen (secondary N) is 2. The molecule has 2 N–H and O–H groups in total. The van der Waals surface area contributed by atoms with Crippen LogP contribution in [-0.2, 0) is 17.7 Å². The molecule has 1 rings (SSSR count). The summed E-state index contributed by atoms with van der Waals surface area (Å²) in [6.45, 7) is 11.3. The Hall–Kier alpha value is -1.14. The van der Waals surface area contributed by atoms with E-state index in [4.69, 9.17) is 4.74 Å². The van der Waals surface area contributed by atoms with Gasteiger partial charge in [0.15, 0.2) is 0 Å². The number of hydrogen-bond donors (Lipinski definition) is 2. The quantitative estimate of drug-likeness (QED) is 0.715. The molecule has 1 aromatic rings. The van der Waals surface area contributed by atoms with Gasteiger partial charge < -0.3 is 15.4 Å². The average Bonchev–Trinajstić information content (AvgIpc) is 2.92. The van der Waals surface area contributed by atoms with Gasteiger partial charge >= 0.3 is 6.09 Å². The van der Waals surface area contributed by atoms with Crippen LogP contribution < -0.4 is 10.6 Å². The second-order valence-electron chi connectivity index (χ2n) is 6.68. The molecule has 132 valence electrons. The molecule has 6 heteroatoms. The van der Waals surface area contributed by atoms with Crippen LogP contribution in [0.25, 0.3) is 0 Å². The summed E-state index contributed by atoms with van der Waals surface area (Å²) in [6.07, 6.45) is 5.87. The molecule has 0 aliphatic carbocycles. The normalized spacial score (nSPS) is 12.9. The molecule has 0 radical (unpaired) electrons. The zero-order chi connectivity index (χ0) is 17.3. The number of rotatable bonds is 9. The number of ether oxygens (including phenoxy) is 1. The maximum Gasteiger partial charge on any atom is 0.407 e. The van der Waals surface area contributed by atoms with Crippen molar-refractivity contribution in [3.05, 3.63) is 16.1 Å². The minimum Gasteiger partial charge on any atom is -0.444 e. The third-order valence-corrected chi connectivity index (χ3v) is 4.41. The van der Waals surface area contributed by atoms with E-state index < -0.39 is 5.60 Å². The number of thiazole rings is 1. The Bertz CT molecular complexity index is 469. The lowest BCUT2D eigenvalue weighted by Gasteiger charge is -2.22. The molecule has 0 aliphatic heterocycles. The van der Waals surface area contributed by atoms with Crippen molar-refractivity contribution < 1.29 is 9.53 Å². The summed E-state index contributed by atoms with van der Waals surface area (Å²) in [5.74, 6) is 0. The predicted octanol–water partition coefficient (Wildman–Crippen LogP) is 3.88. The van der Waals surface area contributed by atoms with Crippen molar-refractivity contribution in [1.82, 2.24) is 15.6 Å². The van der Waals surface area contributed by atoms with Crippen molar-refractivity contribution >= 4 is 17.4 Å². The number of hydrogen-bond acceptors (Lipinski definition) is 5. The minimum absolute atomic E-state index is 0.245. The van der Waals surface area contributed by atoms with Crippen LogP contribution in [-0.4, -0.2) is 29.3 Å². The maximum absolute atomic E-state index is 11.8. The molecule has 0 aromatic carbocycles. The van der Waals surface area contributed by atoms with Crippen molar-refractivity contribution in [1.29, 1.82) is 0 Å². The number of aryl methyl sites for hydroxylation is 1. The molecule has 0 saturated carbocycles. The minimum atomic E-state index is -0.463. The molecular formula is C17H31N3O2S. The summed E-state index contributed by atoms with van der Waals surface area (Å²) >= 11 is 1.75. The summed E-state index contributed by atoms with van der Waals surface area (Å²) in [5.41, 5.74) is -0.463. The molecule has 0 fully saturated rings. The Morgan fingerprint density at radius 2 is 2.13 bits per heavy atom. The topological polar surface area (TPSA) is 63.2 Å².